The molecule has 0 saturated carbocycles. The molecule has 3 rings (SSSR count). The molecule has 2 unspecified atom stereocenters. The Kier molecular flexibility index (Phi) is 5.51. The fraction of sp³-hybridized carbons (Fsp3) is 0.611. The number of hydrogen-bond donors (Lipinski definition) is 1. The summed E-state index contributed by atoms with van der Waals surface area (Å²) in [5.74, 6) is 0.915. The van der Waals surface area contributed by atoms with Gasteiger partial charge in [-0.1, -0.05) is 0 Å². The van der Waals surface area contributed by atoms with Crippen LogP contribution in [0.2, 0.25) is 0 Å². The van der Waals surface area contributed by atoms with Crippen LogP contribution in [0.4, 0.5) is 0 Å². The summed E-state index contributed by atoms with van der Waals surface area (Å²) in [5, 5.41) is 3.17. The molecular weight excluding hydrogens is 292 g/mol. The third-order valence-corrected chi connectivity index (χ3v) is 4.64. The van der Waals surface area contributed by atoms with E-state index in [1.807, 2.05) is 36.2 Å². The molecule has 2 atom stereocenters. The highest BCUT2D eigenvalue weighted by Crippen LogP contribution is 2.21. The van der Waals surface area contributed by atoms with Crippen LogP contribution >= 0.6 is 0 Å². The maximum Gasteiger partial charge on any atom is 0.254 e. The first kappa shape index (κ1) is 16.3. The number of carbonyl (C=O) groups excluding carboxylic acids is 1. The minimum Gasteiger partial charge on any atom is -0.491 e. The number of rotatable bonds is 6. The van der Waals surface area contributed by atoms with Gasteiger partial charge in [0.15, 0.2) is 0 Å². The van der Waals surface area contributed by atoms with Crippen molar-refractivity contribution in [1.82, 2.24) is 10.2 Å². The van der Waals surface area contributed by atoms with Crippen molar-refractivity contribution in [2.75, 3.05) is 33.4 Å². The Labute approximate surface area is 137 Å². The van der Waals surface area contributed by atoms with Gasteiger partial charge in [0.05, 0.1) is 6.10 Å². The van der Waals surface area contributed by atoms with E-state index in [1.54, 1.807) is 0 Å². The van der Waals surface area contributed by atoms with Crippen LogP contribution in [0.15, 0.2) is 24.3 Å². The van der Waals surface area contributed by atoms with Gasteiger partial charge in [-0.3, -0.25) is 4.79 Å². The van der Waals surface area contributed by atoms with E-state index in [9.17, 15) is 4.79 Å². The maximum absolute atomic E-state index is 12.6. The third kappa shape index (κ3) is 4.03. The van der Waals surface area contributed by atoms with Crippen molar-refractivity contribution in [1.29, 1.82) is 0 Å². The molecule has 0 bridgehead atoms. The molecule has 0 spiro atoms. The number of benzene rings is 1. The van der Waals surface area contributed by atoms with Crippen molar-refractivity contribution in [3.8, 4) is 5.75 Å². The van der Waals surface area contributed by atoms with Gasteiger partial charge in [-0.2, -0.15) is 0 Å². The molecule has 1 aromatic rings. The zero-order valence-corrected chi connectivity index (χ0v) is 13.8. The van der Waals surface area contributed by atoms with E-state index in [2.05, 4.69) is 5.32 Å². The van der Waals surface area contributed by atoms with Crippen LogP contribution in [0.5, 0.6) is 5.75 Å². The lowest BCUT2D eigenvalue weighted by molar-refractivity contribution is 0.0678. The zero-order chi connectivity index (χ0) is 16.1. The maximum atomic E-state index is 12.6. The number of likely N-dealkylation sites (tertiary alicyclic amines) is 1. The van der Waals surface area contributed by atoms with Gasteiger partial charge in [-0.15, -0.1) is 0 Å². The van der Waals surface area contributed by atoms with Crippen LogP contribution in [0.25, 0.3) is 0 Å². The quantitative estimate of drug-likeness (QED) is 0.872. The van der Waals surface area contributed by atoms with E-state index < -0.39 is 0 Å². The van der Waals surface area contributed by atoms with Crippen molar-refractivity contribution in [3.05, 3.63) is 29.8 Å². The van der Waals surface area contributed by atoms with E-state index in [4.69, 9.17) is 9.47 Å². The van der Waals surface area contributed by atoms with Gasteiger partial charge in [-0.05, 0) is 57.0 Å². The second-order valence-electron chi connectivity index (χ2n) is 6.32. The highest BCUT2D eigenvalue weighted by Gasteiger charge is 2.28. The van der Waals surface area contributed by atoms with Crippen LogP contribution in [0.1, 0.15) is 36.0 Å². The molecule has 1 N–H and O–H groups in total. The number of hydrogen-bond acceptors (Lipinski definition) is 4. The minimum absolute atomic E-state index is 0.119. The van der Waals surface area contributed by atoms with Gasteiger partial charge in [-0.25, -0.2) is 0 Å². The van der Waals surface area contributed by atoms with Gasteiger partial charge in [0.1, 0.15) is 12.4 Å². The fourth-order valence-electron chi connectivity index (χ4n) is 3.38. The number of ether oxygens (including phenoxy) is 2. The van der Waals surface area contributed by atoms with Crippen molar-refractivity contribution < 1.29 is 14.3 Å². The van der Waals surface area contributed by atoms with E-state index in [-0.39, 0.29) is 12.0 Å². The van der Waals surface area contributed by atoms with Gasteiger partial charge < -0.3 is 19.7 Å². The Balaban J connectivity index is 1.56. The Bertz CT molecular complexity index is 512. The number of nitrogens with zero attached hydrogens (tertiary/aromatic N) is 1. The molecule has 2 aliphatic rings. The lowest BCUT2D eigenvalue weighted by atomic mass is 10.1. The highest BCUT2D eigenvalue weighted by atomic mass is 16.5. The summed E-state index contributed by atoms with van der Waals surface area (Å²) in [5.41, 5.74) is 0.734. The third-order valence-electron chi connectivity index (χ3n) is 4.64. The summed E-state index contributed by atoms with van der Waals surface area (Å²) in [6, 6.07) is 7.79. The van der Waals surface area contributed by atoms with E-state index in [0.29, 0.717) is 12.6 Å². The summed E-state index contributed by atoms with van der Waals surface area (Å²) in [7, 11) is 1.93. The Morgan fingerprint density at radius 1 is 1.30 bits per heavy atom. The molecule has 5 nitrogen and oxygen atoms in total. The highest BCUT2D eigenvalue weighted by molar-refractivity contribution is 5.94. The van der Waals surface area contributed by atoms with E-state index >= 15 is 0 Å². The Morgan fingerprint density at radius 3 is 2.83 bits per heavy atom. The molecule has 1 amide bonds. The summed E-state index contributed by atoms with van der Waals surface area (Å²) in [6.45, 7) is 3.13. The molecule has 126 valence electrons. The number of carbonyl (C=O) groups is 1. The molecule has 2 saturated heterocycles. The predicted octanol–water partition coefficient (Wildman–Crippen LogP) is 2.07. The number of amides is 1. The van der Waals surface area contributed by atoms with Crippen LogP contribution in [0.3, 0.4) is 0 Å². The number of likely N-dealkylation sites (N-methyl/N-ethyl adjacent to an activating group) is 1. The minimum atomic E-state index is 0.119. The standard InChI is InChI=1S/C18H26N2O3/c1-19-12-15-4-2-10-20(15)18(21)14-6-8-16(9-7-14)23-13-17-5-3-11-22-17/h6-9,15,17,19H,2-5,10-13H2,1H3. The number of nitrogens with one attached hydrogen (secondary N) is 1. The van der Waals surface area contributed by atoms with Gasteiger partial charge in [0, 0.05) is 31.3 Å². The van der Waals surface area contributed by atoms with Crippen molar-refractivity contribution in [2.45, 2.75) is 37.8 Å². The smallest absolute Gasteiger partial charge is 0.254 e. The topological polar surface area (TPSA) is 50.8 Å². The average molecular weight is 318 g/mol. The average Bonchev–Trinajstić information content (AvgIpc) is 3.25. The van der Waals surface area contributed by atoms with E-state index in [1.165, 1.54) is 0 Å². The first-order valence-electron chi connectivity index (χ1n) is 8.58. The van der Waals surface area contributed by atoms with Crippen molar-refractivity contribution in [2.24, 2.45) is 0 Å². The molecule has 23 heavy (non-hydrogen) atoms. The molecule has 2 heterocycles. The van der Waals surface area contributed by atoms with Crippen molar-refractivity contribution >= 4 is 5.91 Å². The molecule has 5 heteroatoms. The lowest BCUT2D eigenvalue weighted by Gasteiger charge is -2.24. The predicted molar refractivity (Wildman–Crippen MR) is 88.9 cm³/mol. The second-order valence-corrected chi connectivity index (χ2v) is 6.32. The molecule has 1 aromatic carbocycles. The van der Waals surface area contributed by atoms with E-state index in [0.717, 1.165) is 56.7 Å². The van der Waals surface area contributed by atoms with Gasteiger partial charge in [0.2, 0.25) is 0 Å². The molecular formula is C18H26N2O3. The zero-order valence-electron chi connectivity index (χ0n) is 13.8. The Morgan fingerprint density at radius 2 is 2.13 bits per heavy atom. The normalized spacial score (nSPS) is 24.1. The lowest BCUT2D eigenvalue weighted by Crippen LogP contribution is -2.40. The summed E-state index contributed by atoms with van der Waals surface area (Å²) in [4.78, 5) is 14.6. The first-order chi connectivity index (χ1) is 11.3. The fourth-order valence-corrected chi connectivity index (χ4v) is 3.38. The molecule has 0 aromatic heterocycles. The van der Waals surface area contributed by atoms with Gasteiger partial charge >= 0.3 is 0 Å². The summed E-state index contributed by atoms with van der Waals surface area (Å²) in [6.07, 6.45) is 4.56. The second kappa shape index (κ2) is 7.79. The monoisotopic (exact) mass is 318 g/mol. The van der Waals surface area contributed by atoms with Crippen molar-refractivity contribution in [3.63, 3.8) is 0 Å². The van der Waals surface area contributed by atoms with Crippen LogP contribution < -0.4 is 10.1 Å². The SMILES string of the molecule is CNCC1CCCN1C(=O)c1ccc(OCC2CCCO2)cc1. The molecule has 0 aliphatic carbocycles. The molecule has 0 radical (unpaired) electrons. The largest absolute Gasteiger partial charge is 0.491 e. The Hall–Kier alpha value is -1.59. The van der Waals surface area contributed by atoms with Crippen LogP contribution in [0, 0.1) is 0 Å². The summed E-state index contributed by atoms with van der Waals surface area (Å²) < 4.78 is 11.3. The first-order valence-corrected chi connectivity index (χ1v) is 8.58. The molecule has 2 fully saturated rings. The van der Waals surface area contributed by atoms with Gasteiger partial charge in [0.25, 0.3) is 5.91 Å². The summed E-state index contributed by atoms with van der Waals surface area (Å²) >= 11 is 0. The van der Waals surface area contributed by atoms with Crippen LogP contribution in [-0.2, 0) is 4.74 Å². The molecule has 2 aliphatic heterocycles. The van der Waals surface area contributed by atoms with Crippen LogP contribution in [-0.4, -0.2) is 56.3 Å².